The fraction of sp³-hybridized carbons (Fsp3) is 0.375. The molecule has 0 saturated carbocycles. The molecule has 1 aliphatic carbocycles. The molecule has 0 aromatic heterocycles. The lowest BCUT2D eigenvalue weighted by Crippen LogP contribution is -2.46. The van der Waals surface area contributed by atoms with Crippen LogP contribution in [0.2, 0.25) is 5.02 Å². The van der Waals surface area contributed by atoms with E-state index in [4.69, 9.17) is 16.3 Å². The molecule has 0 spiro atoms. The average molecular weight is 488 g/mol. The molecule has 0 radical (unpaired) electrons. The zero-order chi connectivity index (χ0) is 24.8. The van der Waals surface area contributed by atoms with Crippen LogP contribution in [0, 0.1) is 16.0 Å². The van der Waals surface area contributed by atoms with E-state index in [1.807, 2.05) is 24.3 Å². The molecule has 0 bridgehead atoms. The molecule has 2 amide bonds. The van der Waals surface area contributed by atoms with Gasteiger partial charge in [0.25, 0.3) is 17.5 Å². The summed E-state index contributed by atoms with van der Waals surface area (Å²) in [5, 5.41) is 16.4. The number of benzene rings is 2. The number of nitrogens with zero attached hydrogens (tertiary/aromatic N) is 1. The molecule has 2 N–H and O–H groups in total. The summed E-state index contributed by atoms with van der Waals surface area (Å²) in [6.07, 6.45) is 2.71. The van der Waals surface area contributed by atoms with E-state index in [0.29, 0.717) is 0 Å². The van der Waals surface area contributed by atoms with E-state index in [0.717, 1.165) is 30.9 Å². The minimum Gasteiger partial charge on any atom is -0.454 e. The summed E-state index contributed by atoms with van der Waals surface area (Å²) >= 11 is 6.02. The molecule has 3 rings (SSSR count). The highest BCUT2D eigenvalue weighted by Crippen LogP contribution is 2.29. The highest BCUT2D eigenvalue weighted by atomic mass is 35.5. The van der Waals surface area contributed by atoms with Crippen LogP contribution < -0.4 is 10.6 Å². The van der Waals surface area contributed by atoms with Gasteiger partial charge in [0.1, 0.15) is 6.04 Å². The summed E-state index contributed by atoms with van der Waals surface area (Å²) < 4.78 is 5.18. The number of ether oxygens (including phenoxy) is 1. The molecule has 2 aromatic rings. The van der Waals surface area contributed by atoms with Crippen molar-refractivity contribution in [2.24, 2.45) is 5.92 Å². The minimum absolute atomic E-state index is 0.00566. The van der Waals surface area contributed by atoms with Crippen molar-refractivity contribution >= 4 is 35.1 Å². The Morgan fingerprint density at radius 1 is 1.21 bits per heavy atom. The molecule has 34 heavy (non-hydrogen) atoms. The zero-order valence-electron chi connectivity index (χ0n) is 18.9. The molecule has 1 aliphatic rings. The Morgan fingerprint density at radius 3 is 2.65 bits per heavy atom. The first-order chi connectivity index (χ1) is 16.2. The second kappa shape index (κ2) is 11.1. The van der Waals surface area contributed by atoms with Gasteiger partial charge in [-0.2, -0.15) is 0 Å². The van der Waals surface area contributed by atoms with Crippen molar-refractivity contribution in [1.82, 2.24) is 10.6 Å². The third-order valence-electron chi connectivity index (χ3n) is 5.66. The fourth-order valence-corrected chi connectivity index (χ4v) is 4.09. The van der Waals surface area contributed by atoms with Crippen LogP contribution in [0.25, 0.3) is 0 Å². The molecule has 0 saturated heterocycles. The average Bonchev–Trinajstić information content (AvgIpc) is 2.81. The third kappa shape index (κ3) is 6.11. The summed E-state index contributed by atoms with van der Waals surface area (Å²) in [7, 11) is 0. The lowest BCUT2D eigenvalue weighted by atomic mass is 9.88. The molecular weight excluding hydrogens is 462 g/mol. The van der Waals surface area contributed by atoms with Crippen molar-refractivity contribution < 1.29 is 24.0 Å². The Bertz CT molecular complexity index is 1100. The topological polar surface area (TPSA) is 128 Å². The number of fused-ring (bicyclic) bond motifs is 1. The molecule has 2 aromatic carbocycles. The number of amides is 2. The number of nitro groups is 1. The van der Waals surface area contributed by atoms with E-state index in [-0.39, 0.29) is 28.2 Å². The van der Waals surface area contributed by atoms with Crippen LogP contribution in [0.5, 0.6) is 0 Å². The van der Waals surface area contributed by atoms with Gasteiger partial charge in [-0.1, -0.05) is 49.7 Å². The van der Waals surface area contributed by atoms with Crippen molar-refractivity contribution in [2.75, 3.05) is 6.61 Å². The van der Waals surface area contributed by atoms with E-state index < -0.39 is 35.4 Å². The smallest absolute Gasteiger partial charge is 0.329 e. The Kier molecular flexibility index (Phi) is 8.22. The van der Waals surface area contributed by atoms with Crippen LogP contribution in [-0.2, 0) is 20.7 Å². The normalized spacial score (nSPS) is 15.7. The quantitative estimate of drug-likeness (QED) is 0.331. The maximum Gasteiger partial charge on any atom is 0.329 e. The zero-order valence-corrected chi connectivity index (χ0v) is 19.6. The van der Waals surface area contributed by atoms with Gasteiger partial charge < -0.3 is 15.4 Å². The van der Waals surface area contributed by atoms with Crippen LogP contribution in [0.15, 0.2) is 42.5 Å². The highest BCUT2D eigenvalue weighted by molar-refractivity contribution is 6.34. The first-order valence-corrected chi connectivity index (χ1v) is 11.3. The van der Waals surface area contributed by atoms with E-state index in [1.165, 1.54) is 17.7 Å². The van der Waals surface area contributed by atoms with Crippen molar-refractivity contribution in [3.8, 4) is 0 Å². The van der Waals surface area contributed by atoms with E-state index >= 15 is 0 Å². The molecule has 0 fully saturated rings. The number of hydrogen-bond acceptors (Lipinski definition) is 6. The first kappa shape index (κ1) is 25.2. The van der Waals surface area contributed by atoms with Gasteiger partial charge in [-0.25, -0.2) is 4.79 Å². The molecule has 1 unspecified atom stereocenters. The van der Waals surface area contributed by atoms with Gasteiger partial charge in [-0.05, 0) is 42.4 Å². The number of aryl methyl sites for hydroxylation is 1. The Morgan fingerprint density at radius 2 is 1.94 bits per heavy atom. The number of rotatable bonds is 8. The van der Waals surface area contributed by atoms with Crippen LogP contribution in [0.3, 0.4) is 0 Å². The van der Waals surface area contributed by atoms with Crippen LogP contribution in [0.4, 0.5) is 5.69 Å². The summed E-state index contributed by atoms with van der Waals surface area (Å²) in [5.74, 6) is -2.36. The van der Waals surface area contributed by atoms with Gasteiger partial charge in [0.15, 0.2) is 6.61 Å². The Labute approximate surface area is 202 Å². The number of nitrogens with one attached hydrogen (secondary N) is 2. The second-order valence-electron chi connectivity index (χ2n) is 8.44. The van der Waals surface area contributed by atoms with Crippen LogP contribution in [-0.4, -0.2) is 35.4 Å². The van der Waals surface area contributed by atoms with Gasteiger partial charge in [-0.3, -0.25) is 19.7 Å². The fourth-order valence-electron chi connectivity index (χ4n) is 3.88. The van der Waals surface area contributed by atoms with Crippen molar-refractivity contribution in [3.63, 3.8) is 0 Å². The van der Waals surface area contributed by atoms with Crippen LogP contribution >= 0.6 is 11.6 Å². The Hall–Kier alpha value is -3.46. The van der Waals surface area contributed by atoms with Crippen molar-refractivity contribution in [2.45, 2.75) is 45.2 Å². The van der Waals surface area contributed by atoms with Gasteiger partial charge in [0.2, 0.25) is 0 Å². The summed E-state index contributed by atoms with van der Waals surface area (Å²) in [5.41, 5.74) is 1.82. The molecule has 180 valence electrons. The van der Waals surface area contributed by atoms with Crippen molar-refractivity contribution in [1.29, 1.82) is 0 Å². The largest absolute Gasteiger partial charge is 0.454 e. The number of carbonyl (C=O) groups excluding carboxylic acids is 3. The monoisotopic (exact) mass is 487 g/mol. The van der Waals surface area contributed by atoms with Gasteiger partial charge in [-0.15, -0.1) is 0 Å². The van der Waals surface area contributed by atoms with Gasteiger partial charge >= 0.3 is 5.97 Å². The Balaban J connectivity index is 1.60. The number of non-ortho nitro benzene ring substituents is 1. The number of carbonyl (C=O) groups is 3. The predicted octanol–water partition coefficient (Wildman–Crippen LogP) is 3.74. The second-order valence-corrected chi connectivity index (χ2v) is 8.84. The number of esters is 1. The first-order valence-electron chi connectivity index (χ1n) is 11.0. The molecule has 9 nitrogen and oxygen atoms in total. The molecule has 0 aliphatic heterocycles. The maximum atomic E-state index is 12.7. The SMILES string of the molecule is CC(C)[C@@H](NC(=O)c1cc([N+](=O)[O-])ccc1Cl)C(=O)OCC(=O)NC1CCCc2ccccc21. The van der Waals surface area contributed by atoms with Gasteiger partial charge in [0.05, 0.1) is 21.6 Å². The van der Waals surface area contributed by atoms with Crippen molar-refractivity contribution in [3.05, 3.63) is 74.3 Å². The van der Waals surface area contributed by atoms with E-state index in [9.17, 15) is 24.5 Å². The lowest BCUT2D eigenvalue weighted by Gasteiger charge is -2.26. The van der Waals surface area contributed by atoms with Crippen LogP contribution in [0.1, 0.15) is 54.2 Å². The third-order valence-corrected chi connectivity index (χ3v) is 5.99. The number of halogens is 1. The standard InChI is InChI=1S/C24H26ClN3O6/c1-14(2)22(27-23(30)18-12-16(28(32)33)10-11-19(18)25)24(31)34-13-21(29)26-20-9-5-7-15-6-3-4-8-17(15)20/h3-4,6,8,10-12,14,20,22H,5,7,9,13H2,1-2H3,(H,26,29)(H,27,30)/t20?,22-/m1/s1. The summed E-state index contributed by atoms with van der Waals surface area (Å²) in [4.78, 5) is 48.1. The number of nitro benzene ring substituents is 1. The molecular formula is C24H26ClN3O6. The summed E-state index contributed by atoms with van der Waals surface area (Å²) in [6.45, 7) is 2.90. The predicted molar refractivity (Wildman–Crippen MR) is 125 cm³/mol. The highest BCUT2D eigenvalue weighted by Gasteiger charge is 2.29. The molecule has 2 atom stereocenters. The molecule has 10 heteroatoms. The maximum absolute atomic E-state index is 12.7. The number of hydrogen-bond donors (Lipinski definition) is 2. The minimum atomic E-state index is -1.08. The van der Waals surface area contributed by atoms with Gasteiger partial charge in [0, 0.05) is 12.1 Å². The molecule has 0 heterocycles. The lowest BCUT2D eigenvalue weighted by molar-refractivity contribution is -0.384. The van der Waals surface area contributed by atoms with E-state index in [1.54, 1.807) is 13.8 Å². The van der Waals surface area contributed by atoms with E-state index in [2.05, 4.69) is 10.6 Å². The summed E-state index contributed by atoms with van der Waals surface area (Å²) in [6, 6.07) is 10.1.